The molecule has 1 atom stereocenters. The van der Waals surface area contributed by atoms with E-state index in [1.165, 1.54) is 30.3 Å². The van der Waals surface area contributed by atoms with Crippen molar-refractivity contribution in [3.63, 3.8) is 0 Å². The molecular weight excluding hydrogens is 1040 g/mol. The number of methoxy groups -OCH3 is 2. The molecule has 79 heavy (non-hydrogen) atoms. The zero-order valence-electron chi connectivity index (χ0n) is 44.1. The summed E-state index contributed by atoms with van der Waals surface area (Å²) in [4.78, 5) is 41.5. The monoisotopic (exact) mass is 1100 g/mol. The van der Waals surface area contributed by atoms with Crippen molar-refractivity contribution in [2.75, 3.05) is 27.3 Å². The highest BCUT2D eigenvalue weighted by Gasteiger charge is 2.32. The molecule has 1 aliphatic heterocycles. The molecule has 410 valence electrons. The summed E-state index contributed by atoms with van der Waals surface area (Å²) in [6.45, 7) is 3.90. The highest BCUT2D eigenvalue weighted by molar-refractivity contribution is 6.32. The quantitative estimate of drug-likeness (QED) is 0.0445. The molecule has 0 aliphatic carbocycles. The van der Waals surface area contributed by atoms with Gasteiger partial charge in [-0.25, -0.2) is 0 Å². The van der Waals surface area contributed by atoms with Gasteiger partial charge in [0.05, 0.1) is 25.3 Å². The molecule has 2 amide bonds. The first kappa shape index (κ1) is 56.9. The van der Waals surface area contributed by atoms with Crippen LogP contribution < -0.4 is 39.1 Å². The fourth-order valence-electron chi connectivity index (χ4n) is 9.07. The summed E-state index contributed by atoms with van der Waals surface area (Å²) in [6, 6.07) is 44.6. The number of alkyl halides is 3. The maximum atomic E-state index is 13.8. The van der Waals surface area contributed by atoms with Gasteiger partial charge in [0, 0.05) is 43.2 Å². The molecule has 2 N–H and O–H groups in total. The molecule has 12 nitrogen and oxygen atoms in total. The fraction of sp³-hybridized carbons (Fsp3) is 0.254. The molecule has 8 rings (SSSR count). The molecular formula is C63H61ClF3N3O9. The molecule has 0 aromatic heterocycles. The van der Waals surface area contributed by atoms with Gasteiger partial charge < -0.3 is 39.1 Å². The molecule has 7 aromatic rings. The lowest BCUT2D eigenvalue weighted by Crippen LogP contribution is -2.49. The van der Waals surface area contributed by atoms with Crippen molar-refractivity contribution in [3.05, 3.63) is 207 Å². The molecule has 0 bridgehead atoms. The Hall–Kier alpha value is -8.27. The van der Waals surface area contributed by atoms with Crippen molar-refractivity contribution >= 4 is 35.3 Å². The van der Waals surface area contributed by atoms with Crippen LogP contribution in [0.25, 0.3) is 17.2 Å². The van der Waals surface area contributed by atoms with E-state index in [9.17, 15) is 27.6 Å². The minimum atomic E-state index is -4.82. The van der Waals surface area contributed by atoms with Gasteiger partial charge in [0.25, 0.3) is 0 Å². The first-order chi connectivity index (χ1) is 38.2. The van der Waals surface area contributed by atoms with Crippen LogP contribution in [0, 0.1) is 6.92 Å². The minimum absolute atomic E-state index is 0.0101. The Morgan fingerprint density at radius 3 is 2.06 bits per heavy atom. The van der Waals surface area contributed by atoms with E-state index < -0.39 is 12.4 Å². The van der Waals surface area contributed by atoms with Crippen LogP contribution in [0.15, 0.2) is 158 Å². The number of hydrogen-bond acceptors (Lipinski definition) is 10. The average molecular weight is 1100 g/mol. The molecule has 0 radical (unpaired) electrons. The van der Waals surface area contributed by atoms with Crippen LogP contribution in [0.2, 0.25) is 5.02 Å². The summed E-state index contributed by atoms with van der Waals surface area (Å²) < 4.78 is 72.2. The largest absolute Gasteiger partial charge is 0.573 e. The summed E-state index contributed by atoms with van der Waals surface area (Å²) in [5.41, 5.74) is 8.59. The summed E-state index contributed by atoms with van der Waals surface area (Å²) >= 11 is 6.95. The minimum Gasteiger partial charge on any atom is -0.497 e. The molecule has 1 unspecified atom stereocenters. The van der Waals surface area contributed by atoms with Gasteiger partial charge in [-0.15, -0.1) is 13.2 Å². The maximum Gasteiger partial charge on any atom is 0.573 e. The molecule has 16 heteroatoms. The summed E-state index contributed by atoms with van der Waals surface area (Å²) in [7, 11) is 3.13. The lowest BCUT2D eigenvalue weighted by molar-refractivity contribution is -0.274. The fourth-order valence-corrected chi connectivity index (χ4v) is 9.31. The third kappa shape index (κ3) is 16.4. The Kier molecular flexibility index (Phi) is 19.7. The molecule has 0 spiro atoms. The van der Waals surface area contributed by atoms with Crippen LogP contribution in [0.5, 0.6) is 34.5 Å². The molecule has 1 aliphatic rings. The van der Waals surface area contributed by atoms with Crippen LogP contribution in [0.1, 0.15) is 75.0 Å². The number of nitrogens with one attached hydrogen (secondary N) is 2. The van der Waals surface area contributed by atoms with Crippen molar-refractivity contribution in [3.8, 4) is 45.6 Å². The number of amides is 2. The van der Waals surface area contributed by atoms with Gasteiger partial charge in [-0.1, -0.05) is 115 Å². The number of carbonyl (C=O) groups is 3. The number of allylic oxidation sites excluding steroid dienone is 1. The van der Waals surface area contributed by atoms with E-state index in [4.69, 9.17) is 35.3 Å². The van der Waals surface area contributed by atoms with Gasteiger partial charge in [0.2, 0.25) is 11.8 Å². The summed E-state index contributed by atoms with van der Waals surface area (Å²) in [5, 5.41) is 6.25. The number of benzene rings is 7. The number of nitrogens with zero attached hydrogens (tertiary/aromatic N) is 1. The zero-order chi connectivity index (χ0) is 55.7. The first-order valence-corrected chi connectivity index (χ1v) is 26.2. The molecule has 7 aromatic carbocycles. The van der Waals surface area contributed by atoms with Gasteiger partial charge in [0.1, 0.15) is 42.8 Å². The lowest BCUT2D eigenvalue weighted by atomic mass is 9.97. The van der Waals surface area contributed by atoms with E-state index in [1.54, 1.807) is 68.8 Å². The van der Waals surface area contributed by atoms with Crippen LogP contribution in [0.4, 0.5) is 13.2 Å². The number of carbonyl (C=O) groups excluding carboxylic acids is 3. The highest BCUT2D eigenvalue weighted by Crippen LogP contribution is 2.37. The Labute approximate surface area is 463 Å². The second kappa shape index (κ2) is 27.4. The highest BCUT2D eigenvalue weighted by atomic mass is 35.5. The second-order valence-corrected chi connectivity index (χ2v) is 19.3. The standard InChI is InChI=1S/C63H61ClF3N3O9/c1-42-49(12-9-13-53(42)47-10-5-4-6-11-47)41-78-59-36-58(77-40-46-19-25-52(26-20-46)79-63(65,66)67)50(35-54(59)64)38-70-33-8-7-14-55(70)62(73)68-32-31-61(72)69-37-44-15-17-45(18-16-44)39-76-57-30-22-43(34-60(57)75-3)21-29-56(71)48-23-27-51(74-2)28-24-48/h4-6,9-13,15-30,34-36,55H,7-8,14,31-33,37-41H2,1-3H3,(H,68,73)(H,69,72)/b29-21+. The summed E-state index contributed by atoms with van der Waals surface area (Å²) in [6.07, 6.45) is 0.784. The third-order valence-corrected chi connectivity index (χ3v) is 13.7. The van der Waals surface area contributed by atoms with E-state index in [-0.39, 0.29) is 56.1 Å². The smallest absolute Gasteiger partial charge is 0.497 e. The number of ether oxygens (including phenoxy) is 6. The topological polar surface area (TPSA) is 134 Å². The zero-order valence-corrected chi connectivity index (χ0v) is 44.8. The predicted molar refractivity (Wildman–Crippen MR) is 298 cm³/mol. The maximum absolute atomic E-state index is 13.8. The number of halogens is 4. The molecule has 0 saturated carbocycles. The Balaban J connectivity index is 0.833. The predicted octanol–water partition coefficient (Wildman–Crippen LogP) is 13.0. The van der Waals surface area contributed by atoms with E-state index in [1.807, 2.05) is 67.6 Å². The number of hydrogen-bond donors (Lipinski definition) is 2. The molecule has 1 heterocycles. The van der Waals surface area contributed by atoms with Crippen LogP contribution in [0.3, 0.4) is 0 Å². The lowest BCUT2D eigenvalue weighted by Gasteiger charge is -2.35. The normalized spacial score (nSPS) is 13.6. The number of rotatable bonds is 24. The Morgan fingerprint density at radius 2 is 1.35 bits per heavy atom. The second-order valence-electron chi connectivity index (χ2n) is 18.9. The Bertz CT molecular complexity index is 3210. The van der Waals surface area contributed by atoms with Crippen molar-refractivity contribution in [2.24, 2.45) is 0 Å². The van der Waals surface area contributed by atoms with Gasteiger partial charge in [-0.05, 0) is 131 Å². The number of ketones is 1. The van der Waals surface area contributed by atoms with E-state index in [0.717, 1.165) is 51.8 Å². The van der Waals surface area contributed by atoms with Crippen molar-refractivity contribution in [1.82, 2.24) is 15.5 Å². The van der Waals surface area contributed by atoms with Gasteiger partial charge >= 0.3 is 6.36 Å². The number of piperidine rings is 1. The van der Waals surface area contributed by atoms with Gasteiger partial charge in [0.15, 0.2) is 17.3 Å². The van der Waals surface area contributed by atoms with E-state index in [2.05, 4.69) is 38.5 Å². The van der Waals surface area contributed by atoms with Crippen molar-refractivity contribution in [1.29, 1.82) is 0 Å². The van der Waals surface area contributed by atoms with Gasteiger partial charge in [-0.2, -0.15) is 0 Å². The van der Waals surface area contributed by atoms with Crippen molar-refractivity contribution in [2.45, 2.75) is 77.9 Å². The van der Waals surface area contributed by atoms with Crippen LogP contribution >= 0.6 is 11.6 Å². The Morgan fingerprint density at radius 1 is 0.671 bits per heavy atom. The molecule has 1 fully saturated rings. The first-order valence-electron chi connectivity index (χ1n) is 25.8. The molecule has 1 saturated heterocycles. The van der Waals surface area contributed by atoms with Gasteiger partial charge in [-0.3, -0.25) is 19.3 Å². The SMILES string of the molecule is COc1ccc(C(=O)/C=C/c2ccc(OCc3ccc(CNC(=O)CCNC(=O)C4CCCCN4Cc4cc(Cl)c(OCc5cccc(-c6ccccc6)c5C)cc4OCc4ccc(OC(F)(F)F)cc4)cc3)c(OC)c2)cc1. The van der Waals surface area contributed by atoms with E-state index >= 15 is 0 Å². The number of likely N-dealkylation sites (tertiary alicyclic amines) is 1. The van der Waals surface area contributed by atoms with Crippen LogP contribution in [-0.2, 0) is 42.5 Å². The average Bonchev–Trinajstić information content (AvgIpc) is 3.46. The van der Waals surface area contributed by atoms with Crippen LogP contribution in [-0.4, -0.2) is 62.2 Å². The summed E-state index contributed by atoms with van der Waals surface area (Å²) in [5.74, 6) is 1.64. The van der Waals surface area contributed by atoms with Crippen molar-refractivity contribution < 1.29 is 56.0 Å². The van der Waals surface area contributed by atoms with E-state index in [0.29, 0.717) is 76.5 Å². The third-order valence-electron chi connectivity index (χ3n) is 13.4.